The van der Waals surface area contributed by atoms with Gasteiger partial charge in [0.2, 0.25) is 0 Å². The first-order chi connectivity index (χ1) is 10.2. The minimum Gasteiger partial charge on any atom is -0.391 e. The first-order valence-corrected chi connectivity index (χ1v) is 7.21. The fraction of sp³-hybridized carbons (Fsp3) is 0.467. The number of nitrogens with zero attached hydrogens (tertiary/aromatic N) is 4. The maximum Gasteiger partial charge on any atom is 0.146 e. The van der Waals surface area contributed by atoms with Crippen LogP contribution in [0.2, 0.25) is 0 Å². The van der Waals surface area contributed by atoms with Crippen LogP contribution in [0.5, 0.6) is 0 Å². The van der Waals surface area contributed by atoms with Crippen LogP contribution >= 0.6 is 0 Å². The van der Waals surface area contributed by atoms with Crippen LogP contribution in [-0.4, -0.2) is 43.7 Å². The number of halogens is 1. The van der Waals surface area contributed by atoms with E-state index >= 15 is 0 Å². The number of aliphatic hydroxyl groups is 1. The summed E-state index contributed by atoms with van der Waals surface area (Å²) >= 11 is 0. The van der Waals surface area contributed by atoms with Crippen molar-refractivity contribution in [3.8, 4) is 0 Å². The highest BCUT2D eigenvalue weighted by Crippen LogP contribution is 2.23. The second-order valence-electron chi connectivity index (χ2n) is 5.43. The van der Waals surface area contributed by atoms with Gasteiger partial charge >= 0.3 is 0 Å². The lowest BCUT2D eigenvalue weighted by molar-refractivity contribution is 0.107. The summed E-state index contributed by atoms with van der Waals surface area (Å²) in [4.78, 5) is 10.3. The van der Waals surface area contributed by atoms with Crippen LogP contribution in [0.25, 0.3) is 0 Å². The number of pyridine rings is 1. The van der Waals surface area contributed by atoms with Crippen LogP contribution in [0.4, 0.5) is 4.39 Å². The van der Waals surface area contributed by atoms with Crippen molar-refractivity contribution < 1.29 is 9.50 Å². The number of imidazole rings is 1. The maximum atomic E-state index is 13.7. The van der Waals surface area contributed by atoms with Crippen LogP contribution in [0.15, 0.2) is 37.1 Å². The lowest BCUT2D eigenvalue weighted by atomic mass is 10.1. The second kappa shape index (κ2) is 6.32. The molecule has 0 saturated carbocycles. The largest absolute Gasteiger partial charge is 0.391 e. The van der Waals surface area contributed by atoms with Gasteiger partial charge in [-0.05, 0) is 25.0 Å². The third-order valence-corrected chi connectivity index (χ3v) is 4.04. The Hall–Kier alpha value is -1.79. The van der Waals surface area contributed by atoms with Crippen molar-refractivity contribution in [3.63, 3.8) is 0 Å². The zero-order valence-corrected chi connectivity index (χ0v) is 11.8. The van der Waals surface area contributed by atoms with Crippen molar-refractivity contribution in [1.82, 2.24) is 19.4 Å². The third-order valence-electron chi connectivity index (χ3n) is 4.04. The van der Waals surface area contributed by atoms with Gasteiger partial charge in [-0.25, -0.2) is 9.37 Å². The number of hydrogen-bond donors (Lipinski definition) is 1. The molecule has 0 spiro atoms. The van der Waals surface area contributed by atoms with E-state index < -0.39 is 6.10 Å². The van der Waals surface area contributed by atoms with E-state index in [9.17, 15) is 9.50 Å². The summed E-state index contributed by atoms with van der Waals surface area (Å²) < 4.78 is 15.6. The Labute approximate surface area is 123 Å². The monoisotopic (exact) mass is 290 g/mol. The number of aliphatic hydroxyl groups excluding tert-OH is 1. The Bertz CT molecular complexity index is 575. The van der Waals surface area contributed by atoms with Crippen molar-refractivity contribution in [2.24, 2.45) is 0 Å². The molecule has 3 rings (SSSR count). The number of hydrogen-bond acceptors (Lipinski definition) is 4. The van der Waals surface area contributed by atoms with Gasteiger partial charge in [0.15, 0.2) is 0 Å². The molecule has 1 N–H and O–H groups in total. The van der Waals surface area contributed by atoms with Crippen molar-refractivity contribution >= 4 is 0 Å². The summed E-state index contributed by atoms with van der Waals surface area (Å²) in [6.07, 6.45) is 8.02. The van der Waals surface area contributed by atoms with Crippen LogP contribution in [0.3, 0.4) is 0 Å². The molecule has 1 aliphatic rings. The van der Waals surface area contributed by atoms with Crippen molar-refractivity contribution in [1.29, 1.82) is 0 Å². The predicted octanol–water partition coefficient (Wildman–Crippen LogP) is 1.62. The zero-order valence-electron chi connectivity index (χ0n) is 11.8. The van der Waals surface area contributed by atoms with Gasteiger partial charge in [-0.1, -0.05) is 0 Å². The molecule has 1 fully saturated rings. The Balaban J connectivity index is 1.67. The van der Waals surface area contributed by atoms with Crippen molar-refractivity contribution in [2.75, 3.05) is 13.1 Å². The van der Waals surface area contributed by atoms with Crippen LogP contribution < -0.4 is 0 Å². The molecule has 2 aromatic rings. The van der Waals surface area contributed by atoms with Gasteiger partial charge in [0.1, 0.15) is 5.82 Å². The molecule has 2 aromatic heterocycles. The molecule has 0 bridgehead atoms. The van der Waals surface area contributed by atoms with E-state index in [4.69, 9.17) is 0 Å². The van der Waals surface area contributed by atoms with Gasteiger partial charge in [-0.15, -0.1) is 0 Å². The quantitative estimate of drug-likeness (QED) is 0.933. The highest BCUT2D eigenvalue weighted by atomic mass is 19.1. The molecular weight excluding hydrogens is 271 g/mol. The van der Waals surface area contributed by atoms with Gasteiger partial charge in [0.25, 0.3) is 0 Å². The van der Waals surface area contributed by atoms with Crippen molar-refractivity contribution in [2.45, 2.75) is 31.5 Å². The molecule has 0 amide bonds. The number of rotatable bonds is 3. The molecule has 0 radical (unpaired) electrons. The molecule has 0 aliphatic carbocycles. The minimum absolute atomic E-state index is 0.0334. The topological polar surface area (TPSA) is 54.2 Å². The minimum atomic E-state index is -0.405. The first-order valence-electron chi connectivity index (χ1n) is 7.21. The molecule has 21 heavy (non-hydrogen) atoms. The Morgan fingerprint density at radius 2 is 2.14 bits per heavy atom. The summed E-state index contributed by atoms with van der Waals surface area (Å²) in [6.45, 7) is 2.02. The maximum absolute atomic E-state index is 13.7. The van der Waals surface area contributed by atoms with Gasteiger partial charge in [-0.2, -0.15) is 0 Å². The Morgan fingerprint density at radius 3 is 2.90 bits per heavy atom. The fourth-order valence-corrected chi connectivity index (χ4v) is 2.84. The molecule has 1 saturated heterocycles. The van der Waals surface area contributed by atoms with Crippen LogP contribution in [0, 0.1) is 5.82 Å². The highest BCUT2D eigenvalue weighted by Gasteiger charge is 2.26. The average molecular weight is 290 g/mol. The van der Waals surface area contributed by atoms with Gasteiger partial charge in [-0.3, -0.25) is 9.88 Å². The van der Waals surface area contributed by atoms with Crippen LogP contribution in [0.1, 0.15) is 24.6 Å². The van der Waals surface area contributed by atoms with E-state index in [1.165, 1.54) is 6.07 Å². The van der Waals surface area contributed by atoms with E-state index in [1.54, 1.807) is 24.8 Å². The molecular formula is C15H19FN4O. The van der Waals surface area contributed by atoms with E-state index in [1.807, 2.05) is 10.8 Å². The fourth-order valence-electron chi connectivity index (χ4n) is 2.84. The molecule has 0 aromatic carbocycles. The molecule has 5 nitrogen and oxygen atoms in total. The van der Waals surface area contributed by atoms with Gasteiger partial charge in [0.05, 0.1) is 24.2 Å². The first kappa shape index (κ1) is 14.2. The lowest BCUT2D eigenvalue weighted by Gasteiger charge is -2.21. The standard InChI is InChI=1S/C15H19FN4O/c16-12-2-1-5-18-13(12)10-19-7-3-14(15(21)4-8-19)20-9-6-17-11-20/h1-2,5-6,9,11,14-15,21H,3-4,7-8,10H2/t14-,15-/m0/s1. The summed E-state index contributed by atoms with van der Waals surface area (Å²) in [5.74, 6) is -0.270. The normalized spacial score (nSPS) is 23.9. The molecule has 3 heterocycles. The van der Waals surface area contributed by atoms with Crippen molar-refractivity contribution in [3.05, 3.63) is 48.6 Å². The van der Waals surface area contributed by atoms with Gasteiger partial charge < -0.3 is 9.67 Å². The third kappa shape index (κ3) is 3.28. The Kier molecular flexibility index (Phi) is 4.26. The summed E-state index contributed by atoms with van der Waals surface area (Å²) in [7, 11) is 0. The van der Waals surface area contributed by atoms with Crippen LogP contribution in [-0.2, 0) is 6.54 Å². The Morgan fingerprint density at radius 1 is 1.29 bits per heavy atom. The van der Waals surface area contributed by atoms with E-state index in [2.05, 4.69) is 14.9 Å². The number of aromatic nitrogens is 3. The smallest absolute Gasteiger partial charge is 0.146 e. The molecule has 6 heteroatoms. The zero-order chi connectivity index (χ0) is 14.7. The molecule has 112 valence electrons. The summed E-state index contributed by atoms with van der Waals surface area (Å²) in [5.41, 5.74) is 0.466. The van der Waals surface area contributed by atoms with E-state index in [-0.39, 0.29) is 11.9 Å². The van der Waals surface area contributed by atoms with E-state index in [0.717, 1.165) is 19.5 Å². The second-order valence-corrected chi connectivity index (χ2v) is 5.43. The molecule has 2 atom stereocenters. The van der Waals surface area contributed by atoms with E-state index in [0.29, 0.717) is 18.7 Å². The molecule has 1 aliphatic heterocycles. The SMILES string of the molecule is O[C@H]1CCN(Cc2ncccc2F)CC[C@@H]1n1ccnc1. The lowest BCUT2D eigenvalue weighted by Crippen LogP contribution is -2.25. The molecule has 0 unspecified atom stereocenters. The average Bonchev–Trinajstić information content (AvgIpc) is 2.94. The highest BCUT2D eigenvalue weighted by molar-refractivity contribution is 5.07. The predicted molar refractivity (Wildman–Crippen MR) is 76.0 cm³/mol. The van der Waals surface area contributed by atoms with Gasteiger partial charge in [0, 0.05) is 38.2 Å². The summed E-state index contributed by atoms with van der Waals surface area (Å²) in [5, 5.41) is 10.3. The summed E-state index contributed by atoms with van der Waals surface area (Å²) in [6, 6.07) is 3.06. The number of likely N-dealkylation sites (tertiary alicyclic amines) is 1.